The molecule has 1 aromatic rings. The quantitative estimate of drug-likeness (QED) is 0.668. The van der Waals surface area contributed by atoms with Gasteiger partial charge in [0.15, 0.2) is 0 Å². The first-order valence-electron chi connectivity index (χ1n) is 3.02. The van der Waals surface area contributed by atoms with Crippen molar-refractivity contribution in [2.45, 2.75) is 6.61 Å². The molecule has 11 heavy (non-hydrogen) atoms. The fourth-order valence-corrected chi connectivity index (χ4v) is 0.581. The molecule has 1 radical (unpaired) electrons. The molecule has 2 N–H and O–H groups in total. The van der Waals surface area contributed by atoms with Crippen LogP contribution < -0.4 is 5.73 Å². The summed E-state index contributed by atoms with van der Waals surface area (Å²) in [5.41, 5.74) is 5.40. The molecule has 0 saturated heterocycles. The number of primary amides is 1. The number of rotatable bonds is 2. The van der Waals surface area contributed by atoms with Gasteiger partial charge in [0, 0.05) is 12.3 Å². The molecular formula is C7H7N2O2. The number of pyridine rings is 1. The SMILES string of the molecule is NC(=O)OCc1cc[c]cn1. The van der Waals surface area contributed by atoms with E-state index < -0.39 is 6.09 Å². The van der Waals surface area contributed by atoms with Crippen LogP contribution in [0, 0.1) is 6.07 Å². The van der Waals surface area contributed by atoms with Crippen molar-refractivity contribution in [2.24, 2.45) is 5.73 Å². The molecule has 0 aromatic carbocycles. The molecule has 0 saturated carbocycles. The molecule has 4 heteroatoms. The summed E-state index contributed by atoms with van der Waals surface area (Å²) in [5, 5.41) is 0. The van der Waals surface area contributed by atoms with Gasteiger partial charge < -0.3 is 10.5 Å². The van der Waals surface area contributed by atoms with Crippen molar-refractivity contribution >= 4 is 6.09 Å². The van der Waals surface area contributed by atoms with Crippen LogP contribution in [0.1, 0.15) is 5.69 Å². The molecule has 0 aliphatic rings. The van der Waals surface area contributed by atoms with E-state index in [0.717, 1.165) is 0 Å². The average Bonchev–Trinajstić information content (AvgIpc) is 2.03. The summed E-state index contributed by atoms with van der Waals surface area (Å²) < 4.78 is 4.49. The zero-order valence-corrected chi connectivity index (χ0v) is 5.78. The van der Waals surface area contributed by atoms with Crippen LogP contribution in [0.4, 0.5) is 4.79 Å². The monoisotopic (exact) mass is 151 g/mol. The third kappa shape index (κ3) is 2.66. The zero-order chi connectivity index (χ0) is 8.10. The average molecular weight is 151 g/mol. The van der Waals surface area contributed by atoms with Crippen LogP contribution in [0.3, 0.4) is 0 Å². The van der Waals surface area contributed by atoms with E-state index in [2.05, 4.69) is 15.8 Å². The van der Waals surface area contributed by atoms with Crippen LogP contribution in [0.2, 0.25) is 0 Å². The molecule has 1 rings (SSSR count). The Morgan fingerprint density at radius 2 is 2.64 bits per heavy atom. The van der Waals surface area contributed by atoms with Gasteiger partial charge >= 0.3 is 6.09 Å². The Balaban J connectivity index is 2.45. The minimum atomic E-state index is -0.792. The minimum absolute atomic E-state index is 0.115. The molecule has 1 amide bonds. The maximum Gasteiger partial charge on any atom is 0.404 e. The molecule has 4 nitrogen and oxygen atoms in total. The van der Waals surface area contributed by atoms with E-state index in [1.807, 2.05) is 0 Å². The highest BCUT2D eigenvalue weighted by atomic mass is 16.5. The van der Waals surface area contributed by atoms with Crippen LogP contribution in [0.25, 0.3) is 0 Å². The third-order valence-electron chi connectivity index (χ3n) is 1.04. The summed E-state index contributed by atoms with van der Waals surface area (Å²) in [6, 6.07) is 6.12. The van der Waals surface area contributed by atoms with Crippen molar-refractivity contribution in [3.05, 3.63) is 30.1 Å². The number of amides is 1. The van der Waals surface area contributed by atoms with Gasteiger partial charge in [-0.05, 0) is 6.07 Å². The largest absolute Gasteiger partial charge is 0.443 e. The van der Waals surface area contributed by atoms with Crippen molar-refractivity contribution in [3.63, 3.8) is 0 Å². The number of nitrogens with two attached hydrogens (primary N) is 1. The van der Waals surface area contributed by atoms with Crippen LogP contribution in [0.5, 0.6) is 0 Å². The third-order valence-corrected chi connectivity index (χ3v) is 1.04. The predicted octanol–water partition coefficient (Wildman–Crippen LogP) is 0.477. The van der Waals surface area contributed by atoms with Gasteiger partial charge in [-0.15, -0.1) is 0 Å². The summed E-state index contributed by atoms with van der Waals surface area (Å²) >= 11 is 0. The van der Waals surface area contributed by atoms with Gasteiger partial charge in [-0.2, -0.15) is 0 Å². The summed E-state index contributed by atoms with van der Waals surface area (Å²) in [6.45, 7) is 0.115. The van der Waals surface area contributed by atoms with Crippen molar-refractivity contribution < 1.29 is 9.53 Å². The Morgan fingerprint density at radius 3 is 3.18 bits per heavy atom. The number of nitrogens with zero attached hydrogens (tertiary/aromatic N) is 1. The lowest BCUT2D eigenvalue weighted by atomic mass is 10.4. The number of hydrogen-bond acceptors (Lipinski definition) is 3. The number of carbonyl (C=O) groups excluding carboxylic acids is 1. The Hall–Kier alpha value is -1.58. The molecule has 0 aliphatic heterocycles. The normalized spacial score (nSPS) is 9.09. The van der Waals surface area contributed by atoms with E-state index in [-0.39, 0.29) is 6.61 Å². The molecule has 1 heterocycles. The second-order valence-electron chi connectivity index (χ2n) is 1.86. The maximum absolute atomic E-state index is 10.1. The van der Waals surface area contributed by atoms with Crippen molar-refractivity contribution in [2.75, 3.05) is 0 Å². The smallest absolute Gasteiger partial charge is 0.404 e. The second-order valence-corrected chi connectivity index (χ2v) is 1.86. The molecule has 0 aliphatic carbocycles. The molecule has 1 aromatic heterocycles. The van der Waals surface area contributed by atoms with Crippen LogP contribution in [-0.4, -0.2) is 11.1 Å². The number of hydrogen-bond donors (Lipinski definition) is 1. The van der Waals surface area contributed by atoms with Gasteiger partial charge in [0.25, 0.3) is 0 Å². The molecular weight excluding hydrogens is 144 g/mol. The first kappa shape index (κ1) is 7.53. The lowest BCUT2D eigenvalue weighted by Gasteiger charge is -1.98. The summed E-state index contributed by atoms with van der Waals surface area (Å²) in [4.78, 5) is 14.0. The van der Waals surface area contributed by atoms with Crippen molar-refractivity contribution in [1.29, 1.82) is 0 Å². The van der Waals surface area contributed by atoms with E-state index in [0.29, 0.717) is 5.69 Å². The molecule has 0 unspecified atom stereocenters. The fraction of sp³-hybridized carbons (Fsp3) is 0.143. The van der Waals surface area contributed by atoms with Crippen LogP contribution in [0.15, 0.2) is 18.3 Å². The van der Waals surface area contributed by atoms with E-state index in [1.54, 1.807) is 12.1 Å². The minimum Gasteiger partial charge on any atom is -0.443 e. The molecule has 0 fully saturated rings. The molecule has 57 valence electrons. The summed E-state index contributed by atoms with van der Waals surface area (Å²) in [6.07, 6.45) is 0.708. The zero-order valence-electron chi connectivity index (χ0n) is 5.78. The highest BCUT2D eigenvalue weighted by molar-refractivity contribution is 5.64. The number of carbonyl (C=O) groups is 1. The van der Waals surface area contributed by atoms with Gasteiger partial charge in [0.05, 0.1) is 5.69 Å². The lowest BCUT2D eigenvalue weighted by Crippen LogP contribution is -2.12. The van der Waals surface area contributed by atoms with E-state index in [1.165, 1.54) is 6.20 Å². The van der Waals surface area contributed by atoms with Gasteiger partial charge in [0.1, 0.15) is 6.61 Å². The van der Waals surface area contributed by atoms with Crippen molar-refractivity contribution in [1.82, 2.24) is 4.98 Å². The molecule has 0 atom stereocenters. The van der Waals surface area contributed by atoms with E-state index in [4.69, 9.17) is 5.73 Å². The summed E-state index contributed by atoms with van der Waals surface area (Å²) in [7, 11) is 0. The Bertz CT molecular complexity index is 235. The van der Waals surface area contributed by atoms with Gasteiger partial charge in [0.2, 0.25) is 0 Å². The van der Waals surface area contributed by atoms with Crippen LogP contribution >= 0.6 is 0 Å². The van der Waals surface area contributed by atoms with E-state index in [9.17, 15) is 4.79 Å². The maximum atomic E-state index is 10.1. The highest BCUT2D eigenvalue weighted by Crippen LogP contribution is 1.94. The highest BCUT2D eigenvalue weighted by Gasteiger charge is 1.95. The molecule has 0 bridgehead atoms. The van der Waals surface area contributed by atoms with Crippen molar-refractivity contribution in [3.8, 4) is 0 Å². The number of ether oxygens (including phenoxy) is 1. The standard InChI is InChI=1S/C7H7N2O2/c8-7(10)11-5-6-3-1-2-4-9-6/h1,3-4H,5H2,(H2,8,10). The van der Waals surface area contributed by atoms with Crippen LogP contribution in [-0.2, 0) is 11.3 Å². The van der Waals surface area contributed by atoms with Gasteiger partial charge in [-0.25, -0.2) is 4.79 Å². The first-order valence-corrected chi connectivity index (χ1v) is 3.02. The topological polar surface area (TPSA) is 65.2 Å². The fourth-order valence-electron chi connectivity index (χ4n) is 0.581. The second kappa shape index (κ2) is 3.55. The Kier molecular flexibility index (Phi) is 2.43. The van der Waals surface area contributed by atoms with E-state index >= 15 is 0 Å². The summed E-state index contributed by atoms with van der Waals surface area (Å²) in [5.74, 6) is 0. The number of aromatic nitrogens is 1. The molecule has 0 spiro atoms. The Labute approximate surface area is 64.0 Å². The predicted molar refractivity (Wildman–Crippen MR) is 37.4 cm³/mol. The first-order chi connectivity index (χ1) is 5.29. The lowest BCUT2D eigenvalue weighted by molar-refractivity contribution is 0.149. The Morgan fingerprint density at radius 1 is 1.82 bits per heavy atom. The van der Waals surface area contributed by atoms with Gasteiger partial charge in [-0.1, -0.05) is 6.07 Å². The van der Waals surface area contributed by atoms with Gasteiger partial charge in [-0.3, -0.25) is 4.98 Å².